The number of furan rings is 1. The van der Waals surface area contributed by atoms with Crippen LogP contribution in [0.25, 0.3) is 0 Å². The van der Waals surface area contributed by atoms with Gasteiger partial charge in [-0.1, -0.05) is 17.7 Å². The first kappa shape index (κ1) is 21.1. The lowest BCUT2D eigenvalue weighted by atomic mass is 10.2. The minimum absolute atomic E-state index is 0.0323. The molecule has 29 heavy (non-hydrogen) atoms. The van der Waals surface area contributed by atoms with Crippen LogP contribution in [0.5, 0.6) is 0 Å². The van der Waals surface area contributed by atoms with Gasteiger partial charge in [0.2, 0.25) is 10.0 Å². The van der Waals surface area contributed by atoms with Gasteiger partial charge in [0.15, 0.2) is 5.11 Å². The highest BCUT2D eigenvalue weighted by Gasteiger charge is 2.15. The second kappa shape index (κ2) is 9.23. The Hall–Kier alpha value is -2.66. The number of hydrogen-bond donors (Lipinski definition) is 4. The smallest absolute Gasteiger partial charge is 0.242 e. The van der Waals surface area contributed by atoms with Gasteiger partial charge in [-0.05, 0) is 61.1 Å². The third-order valence-corrected chi connectivity index (χ3v) is 5.88. The van der Waals surface area contributed by atoms with E-state index in [4.69, 9.17) is 28.2 Å². The molecule has 1 aromatic carbocycles. The summed E-state index contributed by atoms with van der Waals surface area (Å²) in [5.74, 6) is 0.905. The van der Waals surface area contributed by atoms with Gasteiger partial charge in [0.05, 0.1) is 12.8 Å². The molecule has 152 valence electrons. The number of halogens is 1. The van der Waals surface area contributed by atoms with Gasteiger partial charge < -0.3 is 9.73 Å². The molecule has 2 aromatic heterocycles. The van der Waals surface area contributed by atoms with Crippen molar-refractivity contribution in [2.24, 2.45) is 0 Å². The van der Waals surface area contributed by atoms with Crippen molar-refractivity contribution in [3.63, 3.8) is 0 Å². The van der Waals surface area contributed by atoms with E-state index in [1.807, 2.05) is 19.1 Å². The maximum atomic E-state index is 12.3. The van der Waals surface area contributed by atoms with E-state index in [1.54, 1.807) is 18.2 Å². The Labute approximate surface area is 178 Å². The number of pyridine rings is 1. The van der Waals surface area contributed by atoms with Crippen molar-refractivity contribution < 1.29 is 12.8 Å². The summed E-state index contributed by atoms with van der Waals surface area (Å²) in [5.41, 5.74) is 7.23. The number of aromatic nitrogens is 1. The van der Waals surface area contributed by atoms with Crippen molar-refractivity contribution in [3.8, 4) is 0 Å². The number of hydrogen-bond acceptors (Lipinski definition) is 6. The van der Waals surface area contributed by atoms with E-state index in [0.717, 1.165) is 11.3 Å². The first-order valence-electron chi connectivity index (χ1n) is 8.41. The van der Waals surface area contributed by atoms with Crippen LogP contribution in [0, 0.1) is 6.92 Å². The van der Waals surface area contributed by atoms with E-state index in [0.29, 0.717) is 21.7 Å². The monoisotopic (exact) mass is 451 g/mol. The largest absolute Gasteiger partial charge is 0.468 e. The summed E-state index contributed by atoms with van der Waals surface area (Å²) in [6.45, 7) is 1.93. The molecule has 2 heterocycles. The fourth-order valence-electron chi connectivity index (χ4n) is 2.29. The van der Waals surface area contributed by atoms with Crippen molar-refractivity contribution in [2.75, 3.05) is 10.7 Å². The summed E-state index contributed by atoms with van der Waals surface area (Å²) in [7, 11) is -3.71. The number of nitrogens with zero attached hydrogens (tertiary/aromatic N) is 1. The van der Waals surface area contributed by atoms with Gasteiger partial charge in [0.1, 0.15) is 16.5 Å². The van der Waals surface area contributed by atoms with Crippen molar-refractivity contribution in [2.45, 2.75) is 18.4 Å². The first-order valence-corrected chi connectivity index (χ1v) is 10.7. The maximum absolute atomic E-state index is 12.3. The standard InChI is InChI=1S/C18H18ClN5O3S2/c1-12-15(19)5-2-6-16(12)22-18(28)24-23-17-8-7-14(11-20-17)29(25,26)21-10-13-4-3-9-27-13/h2-9,11,21H,10H2,1H3,(H,20,23)(H2,22,24,28). The summed E-state index contributed by atoms with van der Waals surface area (Å²) in [6.07, 6.45) is 2.72. The zero-order valence-corrected chi connectivity index (χ0v) is 17.7. The lowest BCUT2D eigenvalue weighted by molar-refractivity contribution is 0.498. The molecule has 0 unspecified atom stereocenters. The van der Waals surface area contributed by atoms with E-state index in [2.05, 4.69) is 25.9 Å². The summed E-state index contributed by atoms with van der Waals surface area (Å²) in [6, 6.07) is 11.8. The number of benzene rings is 1. The van der Waals surface area contributed by atoms with Crippen LogP contribution >= 0.6 is 23.8 Å². The second-order valence-corrected chi connectivity index (χ2v) is 8.48. The Morgan fingerprint density at radius 2 is 2.03 bits per heavy atom. The molecule has 0 aliphatic heterocycles. The first-order chi connectivity index (χ1) is 13.8. The molecular formula is C18H18ClN5O3S2. The number of hydrazine groups is 1. The van der Waals surface area contributed by atoms with Gasteiger partial charge in [-0.2, -0.15) is 0 Å². The molecule has 0 radical (unpaired) electrons. The molecule has 0 spiro atoms. The van der Waals surface area contributed by atoms with Crippen LogP contribution in [0.15, 0.2) is 64.2 Å². The molecule has 0 atom stereocenters. The highest BCUT2D eigenvalue weighted by Crippen LogP contribution is 2.22. The van der Waals surface area contributed by atoms with E-state index in [-0.39, 0.29) is 11.4 Å². The Balaban J connectivity index is 1.54. The van der Waals surface area contributed by atoms with Crippen molar-refractivity contribution in [1.82, 2.24) is 15.1 Å². The van der Waals surface area contributed by atoms with Crippen molar-refractivity contribution in [3.05, 3.63) is 71.3 Å². The van der Waals surface area contributed by atoms with Crippen LogP contribution < -0.4 is 20.9 Å². The van der Waals surface area contributed by atoms with E-state index >= 15 is 0 Å². The number of rotatable bonds is 7. The molecule has 3 rings (SSSR count). The molecule has 3 aromatic rings. The van der Waals surface area contributed by atoms with Gasteiger partial charge in [0.25, 0.3) is 0 Å². The predicted octanol–water partition coefficient (Wildman–Crippen LogP) is 3.43. The van der Waals surface area contributed by atoms with Crippen molar-refractivity contribution in [1.29, 1.82) is 0 Å². The van der Waals surface area contributed by atoms with Crippen LogP contribution in [-0.4, -0.2) is 18.5 Å². The highest BCUT2D eigenvalue weighted by molar-refractivity contribution is 7.89. The predicted molar refractivity (Wildman–Crippen MR) is 116 cm³/mol. The third kappa shape index (κ3) is 5.67. The molecule has 0 bridgehead atoms. The number of sulfonamides is 1. The number of anilines is 2. The molecule has 0 saturated heterocycles. The van der Waals surface area contributed by atoms with Gasteiger partial charge in [0, 0.05) is 16.9 Å². The summed E-state index contributed by atoms with van der Waals surface area (Å²) in [4.78, 5) is 4.11. The van der Waals surface area contributed by atoms with E-state index in [9.17, 15) is 8.42 Å². The molecule has 0 fully saturated rings. The SMILES string of the molecule is Cc1c(Cl)cccc1NC(=S)NNc1ccc(S(=O)(=O)NCc2ccco2)cn1. The molecule has 0 aliphatic rings. The lowest BCUT2D eigenvalue weighted by Crippen LogP contribution is -2.34. The van der Waals surface area contributed by atoms with E-state index in [1.165, 1.54) is 24.6 Å². The lowest BCUT2D eigenvalue weighted by Gasteiger charge is -2.14. The summed E-state index contributed by atoms with van der Waals surface area (Å²) < 4.78 is 32.1. The molecule has 0 aliphatic carbocycles. The molecule has 0 amide bonds. The number of nitrogens with one attached hydrogen (secondary N) is 4. The van der Waals surface area contributed by atoms with Gasteiger partial charge in [-0.3, -0.25) is 10.9 Å². The van der Waals surface area contributed by atoms with Crippen LogP contribution in [0.2, 0.25) is 5.02 Å². The van der Waals surface area contributed by atoms with Gasteiger partial charge in [-0.15, -0.1) is 0 Å². The fraction of sp³-hybridized carbons (Fsp3) is 0.111. The fourth-order valence-corrected chi connectivity index (χ4v) is 3.57. The maximum Gasteiger partial charge on any atom is 0.242 e. The quantitative estimate of drug-likeness (QED) is 0.319. The van der Waals surface area contributed by atoms with Crippen LogP contribution in [0.3, 0.4) is 0 Å². The second-order valence-electron chi connectivity index (χ2n) is 5.90. The Bertz CT molecular complexity index is 1090. The summed E-state index contributed by atoms with van der Waals surface area (Å²) in [5, 5.41) is 3.95. The minimum atomic E-state index is -3.71. The molecule has 11 heteroatoms. The number of thiocarbonyl (C=S) groups is 1. The summed E-state index contributed by atoms with van der Waals surface area (Å²) >= 11 is 11.3. The van der Waals surface area contributed by atoms with E-state index < -0.39 is 10.0 Å². The Morgan fingerprint density at radius 3 is 2.72 bits per heavy atom. The average molecular weight is 452 g/mol. The van der Waals surface area contributed by atoms with Gasteiger partial charge >= 0.3 is 0 Å². The topological polar surface area (TPSA) is 108 Å². The van der Waals surface area contributed by atoms with Gasteiger partial charge in [-0.25, -0.2) is 18.1 Å². The highest BCUT2D eigenvalue weighted by atomic mass is 35.5. The zero-order valence-electron chi connectivity index (χ0n) is 15.3. The molecule has 8 nitrogen and oxygen atoms in total. The molecular weight excluding hydrogens is 434 g/mol. The average Bonchev–Trinajstić information content (AvgIpc) is 3.23. The van der Waals surface area contributed by atoms with Crippen molar-refractivity contribution >= 4 is 50.5 Å². The Morgan fingerprint density at radius 1 is 1.21 bits per heavy atom. The minimum Gasteiger partial charge on any atom is -0.468 e. The zero-order chi connectivity index (χ0) is 20.9. The molecule has 0 saturated carbocycles. The van der Waals surface area contributed by atoms with Crippen LogP contribution in [0.1, 0.15) is 11.3 Å². The van der Waals surface area contributed by atoms with Crippen LogP contribution in [0.4, 0.5) is 11.5 Å². The third-order valence-electron chi connectivity index (χ3n) is 3.88. The van der Waals surface area contributed by atoms with Crippen LogP contribution in [-0.2, 0) is 16.6 Å². The molecule has 4 N–H and O–H groups in total. The normalized spacial score (nSPS) is 11.1. The Kier molecular flexibility index (Phi) is 6.70.